The number of esters is 2. The van der Waals surface area contributed by atoms with Gasteiger partial charge in [0, 0.05) is 56.2 Å². The highest BCUT2D eigenvalue weighted by Crippen LogP contribution is 2.67. The van der Waals surface area contributed by atoms with Gasteiger partial charge >= 0.3 is 18.0 Å². The Morgan fingerprint density at radius 2 is 1.49 bits per heavy atom. The minimum atomic E-state index is -2.15. The zero-order valence-electron chi connectivity index (χ0n) is 44.0. The lowest BCUT2D eigenvalue weighted by atomic mass is 9.64. The Hall–Kier alpha value is -8.43. The fourth-order valence-electron chi connectivity index (χ4n) is 11.8. The number of imide groups is 1. The summed E-state index contributed by atoms with van der Waals surface area (Å²) in [4.78, 5) is 95.7. The number of cyclic esters (lactones) is 1. The number of methoxy groups -OCH3 is 1. The van der Waals surface area contributed by atoms with Crippen molar-refractivity contribution in [3.8, 4) is 17.6 Å². The van der Waals surface area contributed by atoms with E-state index in [1.165, 1.54) is 7.11 Å². The molecular formula is C61H62N8O9. The van der Waals surface area contributed by atoms with Crippen molar-refractivity contribution in [1.82, 2.24) is 30.0 Å². The first-order valence-corrected chi connectivity index (χ1v) is 26.3. The van der Waals surface area contributed by atoms with Crippen LogP contribution in [0.5, 0.6) is 5.75 Å². The quantitative estimate of drug-likeness (QED) is 0.0921. The Balaban J connectivity index is 1.23. The minimum Gasteiger partial charge on any atom is -0.491 e. The molecule has 0 saturated carbocycles. The maximum Gasteiger partial charge on any atom is 0.329 e. The summed E-state index contributed by atoms with van der Waals surface area (Å²) in [5.74, 6) is 2.55. The van der Waals surface area contributed by atoms with Gasteiger partial charge < -0.3 is 34.4 Å². The van der Waals surface area contributed by atoms with Crippen molar-refractivity contribution in [2.24, 2.45) is 11.8 Å². The number of carbonyl (C=O) groups excluding carboxylic acids is 5. The first-order valence-electron chi connectivity index (χ1n) is 26.3. The van der Waals surface area contributed by atoms with Gasteiger partial charge in [0.2, 0.25) is 17.8 Å². The fourth-order valence-corrected chi connectivity index (χ4v) is 11.8. The van der Waals surface area contributed by atoms with Gasteiger partial charge in [-0.2, -0.15) is 0 Å². The summed E-state index contributed by atoms with van der Waals surface area (Å²) < 4.78 is 18.3. The van der Waals surface area contributed by atoms with Crippen molar-refractivity contribution in [2.45, 2.75) is 56.1 Å². The van der Waals surface area contributed by atoms with E-state index in [1.54, 1.807) is 79.7 Å². The van der Waals surface area contributed by atoms with Gasteiger partial charge in [-0.25, -0.2) is 24.5 Å². The van der Waals surface area contributed by atoms with Crippen LogP contribution in [0.25, 0.3) is 0 Å². The highest BCUT2D eigenvalue weighted by Gasteiger charge is 2.76. The van der Waals surface area contributed by atoms with Crippen molar-refractivity contribution in [3.05, 3.63) is 185 Å². The normalized spacial score (nSPS) is 22.1. The molecule has 1 aromatic heterocycles. The Morgan fingerprint density at radius 1 is 0.833 bits per heavy atom. The van der Waals surface area contributed by atoms with Crippen molar-refractivity contribution in [2.75, 3.05) is 69.9 Å². The predicted octanol–water partition coefficient (Wildman–Crippen LogP) is 6.25. The van der Waals surface area contributed by atoms with E-state index in [0.29, 0.717) is 48.8 Å². The molecule has 4 amide bonds. The van der Waals surface area contributed by atoms with Crippen molar-refractivity contribution >= 4 is 41.4 Å². The van der Waals surface area contributed by atoms with Gasteiger partial charge in [-0.3, -0.25) is 24.2 Å². The molecule has 0 radical (unpaired) electrons. The van der Waals surface area contributed by atoms with E-state index in [1.807, 2.05) is 108 Å². The minimum absolute atomic E-state index is 0.128. The van der Waals surface area contributed by atoms with Crippen LogP contribution in [0.1, 0.15) is 65.4 Å². The monoisotopic (exact) mass is 1050 g/mol. The van der Waals surface area contributed by atoms with E-state index in [-0.39, 0.29) is 43.3 Å². The lowest BCUT2D eigenvalue weighted by Crippen LogP contribution is -2.60. The number of ether oxygens (including phenoxy) is 3. The lowest BCUT2D eigenvalue weighted by Gasteiger charge is -2.46. The van der Waals surface area contributed by atoms with Crippen LogP contribution >= 0.6 is 0 Å². The van der Waals surface area contributed by atoms with Crippen LogP contribution in [0, 0.1) is 23.7 Å². The number of hydrogen-bond acceptors (Lipinski definition) is 14. The number of anilines is 2. The number of nitrogens with one attached hydrogen (secondary N) is 1. The van der Waals surface area contributed by atoms with Crippen LogP contribution in [0.2, 0.25) is 0 Å². The zero-order valence-corrected chi connectivity index (χ0v) is 44.0. The van der Waals surface area contributed by atoms with Crippen LogP contribution in [-0.2, 0) is 40.6 Å². The molecule has 2 N–H and O–H groups in total. The number of hydrogen-bond donors (Lipinski definition) is 2. The standard InChI is InChI=1S/C61H62N8O9/c1-40(2)50(56(72)76-4)64-60(75)68-47-28-27-41(20-16-31-65(3)39-42-18-8-5-9-19-42)38-46(47)61(58(68)74)49(55(71)66-32-34-67(35-33-66)59-62-29-17-30-63-59)52-57(73)78-53(44-23-12-7-13-24-44)51(43-21-10-6-11-22-43)69(52)54(61)45-25-14-15-26-48(45)77-37-36-70/h5-15,17-19,21-30,38,40,49-54,70H,31-37,39H2,1-4H3,(H,64,75). The zero-order chi connectivity index (χ0) is 54.5. The summed E-state index contributed by atoms with van der Waals surface area (Å²) in [6.07, 6.45) is 2.33. The number of morpholine rings is 1. The van der Waals surface area contributed by atoms with Crippen LogP contribution in [0.15, 0.2) is 152 Å². The van der Waals surface area contributed by atoms with E-state index in [2.05, 4.69) is 32.0 Å². The van der Waals surface area contributed by atoms with Gasteiger partial charge in [0.1, 0.15) is 36.0 Å². The third-order valence-electron chi connectivity index (χ3n) is 15.2. The number of piperazine rings is 1. The third-order valence-corrected chi connectivity index (χ3v) is 15.2. The number of aliphatic hydroxyl groups is 1. The van der Waals surface area contributed by atoms with E-state index >= 15 is 19.2 Å². The molecule has 78 heavy (non-hydrogen) atoms. The smallest absolute Gasteiger partial charge is 0.329 e. The topological polar surface area (TPSA) is 187 Å². The third kappa shape index (κ3) is 9.94. The van der Waals surface area contributed by atoms with Gasteiger partial charge in [0.15, 0.2) is 0 Å². The number of urea groups is 1. The Morgan fingerprint density at radius 3 is 2.15 bits per heavy atom. The first kappa shape index (κ1) is 53.0. The lowest BCUT2D eigenvalue weighted by molar-refractivity contribution is -0.179. The molecule has 17 nitrogen and oxygen atoms in total. The highest BCUT2D eigenvalue weighted by molar-refractivity contribution is 6.25. The maximum atomic E-state index is 17.0. The molecule has 0 bridgehead atoms. The first-order chi connectivity index (χ1) is 38.0. The number of nitrogens with zero attached hydrogens (tertiary/aromatic N) is 7. The number of para-hydroxylation sites is 1. The van der Waals surface area contributed by atoms with E-state index in [9.17, 15) is 9.90 Å². The molecule has 5 aromatic carbocycles. The molecule has 4 aliphatic rings. The number of fused-ring (bicyclic) bond motifs is 3. The number of aromatic nitrogens is 2. The van der Waals surface area contributed by atoms with E-state index < -0.39 is 77.3 Å². The molecule has 1 spiro atoms. The SMILES string of the molecule is COC(=O)C(NC(=O)N1C(=O)C2(c3cc(C#CCN(C)Cc4ccccc4)ccc31)C(C(=O)N1CCN(c3ncccn3)CC1)C1C(=O)OC(c3ccccc3)C(c3ccccc3)N1C2c1ccccc1OCCO)C(C)C. The summed E-state index contributed by atoms with van der Waals surface area (Å²) in [6.45, 7) is 5.04. The number of benzene rings is 5. The number of aliphatic hydroxyl groups excluding tert-OH is 1. The molecule has 0 aliphatic carbocycles. The van der Waals surface area contributed by atoms with Crippen molar-refractivity contribution in [1.29, 1.82) is 0 Å². The van der Waals surface area contributed by atoms with Gasteiger partial charge in [-0.05, 0) is 65.6 Å². The van der Waals surface area contributed by atoms with Gasteiger partial charge in [-0.1, -0.05) is 135 Å². The average molecular weight is 1050 g/mol. The Kier molecular flexibility index (Phi) is 15.7. The molecule has 4 aliphatic heterocycles. The molecule has 6 aromatic rings. The van der Waals surface area contributed by atoms with Crippen molar-refractivity contribution < 1.29 is 43.3 Å². The molecule has 5 heterocycles. The van der Waals surface area contributed by atoms with E-state index in [4.69, 9.17) is 14.2 Å². The van der Waals surface area contributed by atoms with Crippen LogP contribution in [-0.4, -0.2) is 132 Å². The molecular weight excluding hydrogens is 989 g/mol. The summed E-state index contributed by atoms with van der Waals surface area (Å²) >= 11 is 0. The summed E-state index contributed by atoms with van der Waals surface area (Å²) in [5, 5.41) is 13.1. The summed E-state index contributed by atoms with van der Waals surface area (Å²) in [7, 11) is 3.19. The second-order valence-corrected chi connectivity index (χ2v) is 20.3. The van der Waals surface area contributed by atoms with Crippen LogP contribution in [0.3, 0.4) is 0 Å². The molecule has 10 rings (SSSR count). The molecule has 3 saturated heterocycles. The second-order valence-electron chi connectivity index (χ2n) is 20.3. The maximum absolute atomic E-state index is 17.0. The van der Waals surface area contributed by atoms with E-state index in [0.717, 1.165) is 16.0 Å². The van der Waals surface area contributed by atoms with Crippen molar-refractivity contribution in [3.63, 3.8) is 0 Å². The average Bonchev–Trinajstić information content (AvgIpc) is 2.42. The molecule has 3 fully saturated rings. The molecule has 17 heteroatoms. The second kappa shape index (κ2) is 23.0. The Labute approximate surface area is 453 Å². The number of rotatable bonds is 14. The predicted molar refractivity (Wildman–Crippen MR) is 291 cm³/mol. The fraction of sp³-hybridized carbons (Fsp3) is 0.328. The largest absolute Gasteiger partial charge is 0.491 e. The molecule has 7 atom stereocenters. The molecule has 7 unspecified atom stereocenters. The van der Waals surface area contributed by atoms with Gasteiger partial charge in [-0.15, -0.1) is 0 Å². The number of carbonyl (C=O) groups is 5. The van der Waals surface area contributed by atoms with Crippen LogP contribution < -0.4 is 19.9 Å². The molecule has 400 valence electrons. The van der Waals surface area contributed by atoms with Gasteiger partial charge in [0.25, 0.3) is 0 Å². The number of amides is 4. The van der Waals surface area contributed by atoms with Gasteiger partial charge in [0.05, 0.1) is 44.0 Å². The Bertz CT molecular complexity index is 3210. The summed E-state index contributed by atoms with van der Waals surface area (Å²) in [6, 6.07) is 37.1. The highest BCUT2D eigenvalue weighted by atomic mass is 16.6. The summed E-state index contributed by atoms with van der Waals surface area (Å²) in [5.41, 5.74) is 1.63. The van der Waals surface area contributed by atoms with Crippen LogP contribution in [0.4, 0.5) is 16.4 Å².